The number of amides is 1. The molecule has 0 unspecified atom stereocenters. The van der Waals surface area contributed by atoms with Gasteiger partial charge in [0.25, 0.3) is 0 Å². The van der Waals surface area contributed by atoms with Crippen LogP contribution in [0.1, 0.15) is 0 Å². The second-order valence-corrected chi connectivity index (χ2v) is 6.09. The summed E-state index contributed by atoms with van der Waals surface area (Å²) in [4.78, 5) is 24.6. The molecule has 1 aliphatic rings. The Morgan fingerprint density at radius 3 is 2.67 bits per heavy atom. The van der Waals surface area contributed by atoms with Gasteiger partial charge in [-0.1, -0.05) is 0 Å². The number of hydrogen-bond acceptors (Lipinski definition) is 6. The van der Waals surface area contributed by atoms with Crippen molar-refractivity contribution in [2.75, 3.05) is 29.4 Å². The van der Waals surface area contributed by atoms with Crippen LogP contribution in [0.2, 0.25) is 0 Å². The number of benzene rings is 1. The predicted molar refractivity (Wildman–Crippen MR) is 96.3 cm³/mol. The fraction of sp³-hybridized carbons (Fsp3) is 0.222. The highest BCUT2D eigenvalue weighted by Crippen LogP contribution is 2.23. The van der Waals surface area contributed by atoms with Gasteiger partial charge in [0, 0.05) is 38.6 Å². The first kappa shape index (κ1) is 17.0. The van der Waals surface area contributed by atoms with Gasteiger partial charge in [-0.3, -0.25) is 9.48 Å². The monoisotopic (exact) mass is 368 g/mol. The van der Waals surface area contributed by atoms with Crippen LogP contribution in [-0.4, -0.2) is 45.3 Å². The molecule has 0 spiro atoms. The molecule has 3 aromatic rings. The molecule has 27 heavy (non-hydrogen) atoms. The lowest BCUT2D eigenvalue weighted by Gasteiger charge is -2.33. The maximum absolute atomic E-state index is 13.0. The number of halogens is 1. The third kappa shape index (κ3) is 3.71. The van der Waals surface area contributed by atoms with Crippen LogP contribution in [-0.2, 0) is 11.8 Å². The van der Waals surface area contributed by atoms with E-state index in [1.807, 2.05) is 7.05 Å². The summed E-state index contributed by atoms with van der Waals surface area (Å²) in [6.07, 6.45) is 5.04. The standard InChI is InChI=1S/C18H17FN6O2/c1-23-11-14(10-21-23)25-9-8-24(12-17(25)26)18-20-7-6-16(22-18)27-15-4-2-13(19)3-5-15/h2-7,10-11H,8-9,12H2,1H3. The highest BCUT2D eigenvalue weighted by Gasteiger charge is 2.27. The molecule has 0 atom stereocenters. The molecule has 1 amide bonds. The summed E-state index contributed by atoms with van der Waals surface area (Å²) in [7, 11) is 1.81. The van der Waals surface area contributed by atoms with Gasteiger partial charge in [0.15, 0.2) is 0 Å². The average Bonchev–Trinajstić information content (AvgIpc) is 3.10. The molecule has 1 fully saturated rings. The van der Waals surface area contributed by atoms with Crippen molar-refractivity contribution < 1.29 is 13.9 Å². The molecule has 8 nitrogen and oxygen atoms in total. The summed E-state index contributed by atoms with van der Waals surface area (Å²) in [5.41, 5.74) is 0.775. The van der Waals surface area contributed by atoms with Crippen LogP contribution in [0.3, 0.4) is 0 Å². The summed E-state index contributed by atoms with van der Waals surface area (Å²) in [5, 5.41) is 4.10. The molecule has 1 aromatic carbocycles. The smallest absolute Gasteiger partial charge is 0.246 e. The molecule has 0 saturated carbocycles. The number of piperazine rings is 1. The lowest BCUT2D eigenvalue weighted by Crippen LogP contribution is -2.51. The molecule has 0 N–H and O–H groups in total. The Bertz CT molecular complexity index is 958. The fourth-order valence-corrected chi connectivity index (χ4v) is 2.83. The largest absolute Gasteiger partial charge is 0.439 e. The number of carbonyl (C=O) groups excluding carboxylic acids is 1. The molecule has 138 valence electrons. The second kappa shape index (κ2) is 7.02. The highest BCUT2D eigenvalue weighted by molar-refractivity contribution is 5.97. The molecule has 1 aliphatic heterocycles. The molecule has 1 saturated heterocycles. The van der Waals surface area contributed by atoms with Crippen molar-refractivity contribution in [2.45, 2.75) is 0 Å². The Morgan fingerprint density at radius 2 is 1.96 bits per heavy atom. The zero-order valence-electron chi connectivity index (χ0n) is 14.6. The summed E-state index contributed by atoms with van der Waals surface area (Å²) in [6.45, 7) is 1.26. The minimum Gasteiger partial charge on any atom is -0.439 e. The van der Waals surface area contributed by atoms with E-state index >= 15 is 0 Å². The molecule has 3 heterocycles. The summed E-state index contributed by atoms with van der Waals surface area (Å²) in [6, 6.07) is 7.28. The van der Waals surface area contributed by atoms with Crippen LogP contribution in [0.15, 0.2) is 48.9 Å². The molecule has 0 aliphatic carbocycles. The van der Waals surface area contributed by atoms with Crippen molar-refractivity contribution in [1.82, 2.24) is 19.7 Å². The maximum Gasteiger partial charge on any atom is 0.246 e. The van der Waals surface area contributed by atoms with Gasteiger partial charge in [-0.05, 0) is 24.3 Å². The molecular formula is C18H17FN6O2. The van der Waals surface area contributed by atoms with Crippen molar-refractivity contribution in [1.29, 1.82) is 0 Å². The minimum atomic E-state index is -0.337. The van der Waals surface area contributed by atoms with E-state index < -0.39 is 0 Å². The lowest BCUT2D eigenvalue weighted by atomic mass is 10.3. The predicted octanol–water partition coefficient (Wildman–Crippen LogP) is 1.99. The maximum atomic E-state index is 13.0. The summed E-state index contributed by atoms with van der Waals surface area (Å²) < 4.78 is 20.3. The third-order valence-electron chi connectivity index (χ3n) is 4.16. The minimum absolute atomic E-state index is 0.0530. The van der Waals surface area contributed by atoms with Crippen LogP contribution >= 0.6 is 0 Å². The normalized spacial score (nSPS) is 14.5. The Labute approximate surface area is 154 Å². The summed E-state index contributed by atoms with van der Waals surface area (Å²) in [5.74, 6) is 0.819. The highest BCUT2D eigenvalue weighted by atomic mass is 19.1. The van der Waals surface area contributed by atoms with Crippen LogP contribution in [0.4, 0.5) is 16.0 Å². The van der Waals surface area contributed by atoms with Gasteiger partial charge < -0.3 is 14.5 Å². The third-order valence-corrected chi connectivity index (χ3v) is 4.16. The van der Waals surface area contributed by atoms with Crippen LogP contribution in [0, 0.1) is 5.82 Å². The van der Waals surface area contributed by atoms with Gasteiger partial charge in [0.2, 0.25) is 17.7 Å². The zero-order chi connectivity index (χ0) is 18.8. The van der Waals surface area contributed by atoms with Crippen molar-refractivity contribution in [3.63, 3.8) is 0 Å². The van der Waals surface area contributed by atoms with E-state index in [1.165, 1.54) is 24.3 Å². The first-order valence-corrected chi connectivity index (χ1v) is 8.39. The van der Waals surface area contributed by atoms with Crippen LogP contribution in [0.5, 0.6) is 11.6 Å². The fourth-order valence-electron chi connectivity index (χ4n) is 2.83. The van der Waals surface area contributed by atoms with E-state index in [0.717, 1.165) is 5.69 Å². The Hall–Kier alpha value is -3.49. The van der Waals surface area contributed by atoms with E-state index in [-0.39, 0.29) is 18.3 Å². The van der Waals surface area contributed by atoms with E-state index in [0.29, 0.717) is 30.7 Å². The zero-order valence-corrected chi connectivity index (χ0v) is 14.6. The first-order valence-electron chi connectivity index (χ1n) is 8.39. The van der Waals surface area contributed by atoms with Gasteiger partial charge in [0.1, 0.15) is 18.1 Å². The van der Waals surface area contributed by atoms with Crippen molar-refractivity contribution in [2.24, 2.45) is 7.05 Å². The van der Waals surface area contributed by atoms with E-state index in [9.17, 15) is 9.18 Å². The topological polar surface area (TPSA) is 76.4 Å². The number of rotatable bonds is 4. The second-order valence-electron chi connectivity index (χ2n) is 6.09. The van der Waals surface area contributed by atoms with Crippen molar-refractivity contribution in [3.8, 4) is 11.6 Å². The number of ether oxygens (including phenoxy) is 1. The number of nitrogens with zero attached hydrogens (tertiary/aromatic N) is 6. The summed E-state index contributed by atoms with van der Waals surface area (Å²) >= 11 is 0. The molecule has 0 bridgehead atoms. The Kier molecular flexibility index (Phi) is 4.41. The lowest BCUT2D eigenvalue weighted by molar-refractivity contribution is -0.117. The number of carbonyl (C=O) groups is 1. The van der Waals surface area contributed by atoms with Gasteiger partial charge >= 0.3 is 0 Å². The number of hydrogen-bond donors (Lipinski definition) is 0. The van der Waals surface area contributed by atoms with Crippen LogP contribution in [0.25, 0.3) is 0 Å². The molecule has 9 heteroatoms. The SMILES string of the molecule is Cn1cc(N2CCN(c3nccc(Oc4ccc(F)cc4)n3)CC2=O)cn1. The van der Waals surface area contributed by atoms with Crippen molar-refractivity contribution in [3.05, 3.63) is 54.7 Å². The quantitative estimate of drug-likeness (QED) is 0.701. The van der Waals surface area contributed by atoms with E-state index in [2.05, 4.69) is 15.1 Å². The molecule has 0 radical (unpaired) electrons. The van der Waals surface area contributed by atoms with Gasteiger partial charge in [-0.15, -0.1) is 0 Å². The molecule has 4 rings (SSSR count). The molecular weight excluding hydrogens is 351 g/mol. The van der Waals surface area contributed by atoms with Gasteiger partial charge in [-0.25, -0.2) is 9.37 Å². The number of aromatic nitrogens is 4. The van der Waals surface area contributed by atoms with E-state index in [4.69, 9.17) is 4.74 Å². The number of anilines is 2. The van der Waals surface area contributed by atoms with Crippen molar-refractivity contribution >= 4 is 17.5 Å². The first-order chi connectivity index (χ1) is 13.1. The van der Waals surface area contributed by atoms with Gasteiger partial charge in [-0.2, -0.15) is 10.1 Å². The number of aryl methyl sites for hydroxylation is 1. The van der Waals surface area contributed by atoms with Crippen LogP contribution < -0.4 is 14.5 Å². The van der Waals surface area contributed by atoms with Gasteiger partial charge in [0.05, 0.1) is 11.9 Å². The Morgan fingerprint density at radius 1 is 1.15 bits per heavy atom. The molecule has 2 aromatic heterocycles. The average molecular weight is 368 g/mol. The van der Waals surface area contributed by atoms with E-state index in [1.54, 1.807) is 39.1 Å². The Balaban J connectivity index is 1.46.